The van der Waals surface area contributed by atoms with Crippen molar-refractivity contribution >= 4 is 70.2 Å². The fourth-order valence-electron chi connectivity index (χ4n) is 11.4. The third kappa shape index (κ3) is 11.3. The molecule has 0 saturated carbocycles. The summed E-state index contributed by atoms with van der Waals surface area (Å²) in [6.07, 6.45) is 7.64. The van der Waals surface area contributed by atoms with Gasteiger partial charge >= 0.3 is 6.09 Å². The topological polar surface area (TPSA) is 196 Å². The zero-order valence-electron chi connectivity index (χ0n) is 47.4. The van der Waals surface area contributed by atoms with Gasteiger partial charge < -0.3 is 48.9 Å². The quantitative estimate of drug-likeness (QED) is 0.0690. The highest BCUT2D eigenvalue weighted by atomic mass is 19.1. The minimum Gasteiger partial charge on any atom is -0.494 e. The number of ether oxygens (including phenoxy) is 6. The summed E-state index contributed by atoms with van der Waals surface area (Å²) in [5.41, 5.74) is 9.71. The first kappa shape index (κ1) is 56.3. The van der Waals surface area contributed by atoms with Crippen LogP contribution >= 0.6 is 0 Å². The van der Waals surface area contributed by atoms with Crippen molar-refractivity contribution < 1.29 is 56.8 Å². The average molecular weight is 1140 g/mol. The van der Waals surface area contributed by atoms with E-state index in [1.807, 2.05) is 68.6 Å². The van der Waals surface area contributed by atoms with Gasteiger partial charge in [-0.05, 0) is 86.8 Å². The van der Waals surface area contributed by atoms with Crippen LogP contribution < -0.4 is 34.3 Å². The Balaban J connectivity index is 0.655. The van der Waals surface area contributed by atoms with Crippen LogP contribution in [0.5, 0.6) is 28.7 Å². The molecule has 18 heteroatoms. The molecule has 0 spiro atoms. The average Bonchev–Trinajstić information content (AvgIpc) is 4.30. The molecule has 17 nitrogen and oxygen atoms in total. The highest BCUT2D eigenvalue weighted by molar-refractivity contribution is 6.07. The first-order valence-corrected chi connectivity index (χ1v) is 27.9. The molecule has 4 heterocycles. The van der Waals surface area contributed by atoms with Crippen LogP contribution in [0.3, 0.4) is 0 Å². The van der Waals surface area contributed by atoms with E-state index >= 15 is 0 Å². The third-order valence-corrected chi connectivity index (χ3v) is 15.9. The van der Waals surface area contributed by atoms with Crippen LogP contribution in [-0.4, -0.2) is 111 Å². The molecule has 0 bridgehead atoms. The molecule has 1 aliphatic carbocycles. The number of halogens is 1. The number of aliphatic imine (C=N–C) groups is 2. The third-order valence-electron chi connectivity index (χ3n) is 15.9. The smallest absolute Gasteiger partial charge is 0.407 e. The number of ketones is 1. The number of Topliss-reactive ketones (excluding diaryl/α,β-unsaturated/α-hetero) is 1. The maximum absolute atomic E-state index is 14.5. The van der Waals surface area contributed by atoms with Crippen LogP contribution in [0.15, 0.2) is 138 Å². The van der Waals surface area contributed by atoms with Gasteiger partial charge in [0.25, 0.3) is 11.8 Å². The zero-order chi connectivity index (χ0) is 58.8. The van der Waals surface area contributed by atoms with E-state index in [9.17, 15) is 28.4 Å². The summed E-state index contributed by atoms with van der Waals surface area (Å²) in [7, 11) is 4.41. The summed E-state index contributed by atoms with van der Waals surface area (Å²) in [5, 5.41) is 5.69. The van der Waals surface area contributed by atoms with E-state index < -0.39 is 23.9 Å². The Morgan fingerprint density at radius 2 is 1.15 bits per heavy atom. The second kappa shape index (κ2) is 24.1. The minimum atomic E-state index is -0.850. The van der Waals surface area contributed by atoms with Crippen molar-refractivity contribution in [1.29, 1.82) is 0 Å². The van der Waals surface area contributed by atoms with Crippen LogP contribution in [-0.2, 0) is 14.3 Å². The molecule has 84 heavy (non-hydrogen) atoms. The molecular weight excluding hydrogens is 1070 g/mol. The number of alkyl carbamates (subject to hydrolysis) is 1. The molecule has 0 unspecified atom stereocenters. The lowest BCUT2D eigenvalue weighted by Gasteiger charge is -2.23. The van der Waals surface area contributed by atoms with E-state index in [0.717, 1.165) is 39.0 Å². The van der Waals surface area contributed by atoms with E-state index in [4.69, 9.17) is 33.4 Å². The number of hydrogen-bond donors (Lipinski definition) is 2. The lowest BCUT2D eigenvalue weighted by molar-refractivity contribution is -0.127. The van der Waals surface area contributed by atoms with Gasteiger partial charge in [-0.15, -0.1) is 0 Å². The van der Waals surface area contributed by atoms with Gasteiger partial charge in [0.05, 0.1) is 75.2 Å². The van der Waals surface area contributed by atoms with Crippen molar-refractivity contribution in [1.82, 2.24) is 15.1 Å². The van der Waals surface area contributed by atoms with E-state index in [-0.39, 0.29) is 79.4 Å². The van der Waals surface area contributed by atoms with Crippen LogP contribution in [0.2, 0.25) is 0 Å². The Morgan fingerprint density at radius 3 is 1.68 bits per heavy atom. The molecule has 4 aliphatic heterocycles. The van der Waals surface area contributed by atoms with Crippen molar-refractivity contribution in [3.8, 4) is 39.9 Å². The standard InChI is InChI=1S/C66H63FN6O11/c1-37(2)62(71-66(78)84-36-52-48-14-9-7-12-46(48)47-13-8-10-15-49(47)52)56(74)24-38(3)63(75)70-43-19-16-39(17-20-43)41-25-44-32-68-54-30-60(58(80-5)28-50(54)64(76)72(44)34-41)82-22-11-23-83-61-31-55-51(29-59(61)81-6)65(77)73-35-42(26-45(73)33-69-55)40-18-21-57(79-4)53(67)27-40/h7-10,12-21,27-35,37-38,44-45,52,62H,11,22-26,36H2,1-6H3,(H,70,75)(H,71,78)/t38-,44+,45+,62+/m1/s1. The van der Waals surface area contributed by atoms with Crippen molar-refractivity contribution in [2.45, 2.75) is 70.5 Å². The molecule has 430 valence electrons. The molecule has 0 radical (unpaired) electrons. The van der Waals surface area contributed by atoms with Gasteiger partial charge in [-0.2, -0.15) is 0 Å². The van der Waals surface area contributed by atoms with Gasteiger partial charge in [-0.1, -0.05) is 87.5 Å². The number of methoxy groups -OCH3 is 3. The predicted molar refractivity (Wildman–Crippen MR) is 317 cm³/mol. The predicted octanol–water partition coefficient (Wildman–Crippen LogP) is 11.7. The molecular formula is C66H63FN6O11. The van der Waals surface area contributed by atoms with Gasteiger partial charge in [0.15, 0.2) is 40.3 Å². The van der Waals surface area contributed by atoms with Crippen LogP contribution in [0.1, 0.15) is 95.3 Å². The summed E-state index contributed by atoms with van der Waals surface area (Å²) < 4.78 is 49.0. The van der Waals surface area contributed by atoms with Crippen molar-refractivity contribution in [2.75, 3.05) is 46.5 Å². The number of nitrogens with one attached hydrogen (secondary N) is 2. The summed E-state index contributed by atoms with van der Waals surface area (Å²) >= 11 is 0. The van der Waals surface area contributed by atoms with E-state index in [1.165, 1.54) is 27.4 Å². The monoisotopic (exact) mass is 1130 g/mol. The van der Waals surface area contributed by atoms with Crippen molar-refractivity contribution in [2.24, 2.45) is 21.8 Å². The van der Waals surface area contributed by atoms with E-state index in [1.54, 1.807) is 83.9 Å². The molecule has 2 N–H and O–H groups in total. The molecule has 0 fully saturated rings. The normalized spacial score (nSPS) is 17.0. The van der Waals surface area contributed by atoms with Gasteiger partial charge in [-0.3, -0.25) is 29.2 Å². The summed E-state index contributed by atoms with van der Waals surface area (Å²) in [6.45, 7) is 5.93. The number of rotatable bonds is 20. The van der Waals surface area contributed by atoms with Crippen LogP contribution in [0.25, 0.3) is 22.3 Å². The maximum Gasteiger partial charge on any atom is 0.407 e. The lowest BCUT2D eigenvalue weighted by atomic mass is 9.93. The number of hydrogen-bond acceptors (Lipinski definition) is 13. The Hall–Kier alpha value is -9.58. The number of amides is 4. The highest BCUT2D eigenvalue weighted by Crippen LogP contribution is 2.46. The zero-order valence-corrected chi connectivity index (χ0v) is 47.4. The Bertz CT molecular complexity index is 3680. The van der Waals surface area contributed by atoms with Crippen LogP contribution in [0.4, 0.5) is 26.2 Å². The van der Waals surface area contributed by atoms with Gasteiger partial charge in [-0.25, -0.2) is 9.18 Å². The Labute approximate surface area is 485 Å². The first-order chi connectivity index (χ1) is 40.7. The Morgan fingerprint density at radius 1 is 0.631 bits per heavy atom. The molecule has 0 saturated heterocycles. The highest BCUT2D eigenvalue weighted by Gasteiger charge is 2.37. The van der Waals surface area contributed by atoms with E-state index in [2.05, 4.69) is 27.8 Å². The molecule has 6 aromatic rings. The minimum absolute atomic E-state index is 0.0903. The number of carbonyl (C=O) groups is 5. The largest absolute Gasteiger partial charge is 0.494 e. The molecule has 6 aromatic carbocycles. The molecule has 0 aromatic heterocycles. The molecule has 4 atom stereocenters. The summed E-state index contributed by atoms with van der Waals surface area (Å²) in [5.74, 6) is -1.03. The summed E-state index contributed by atoms with van der Waals surface area (Å²) in [4.78, 5) is 80.9. The number of anilines is 1. The van der Waals surface area contributed by atoms with Crippen molar-refractivity contribution in [3.05, 3.63) is 167 Å². The second-order valence-electron chi connectivity index (χ2n) is 21.6. The SMILES string of the molecule is COc1ccc(C2=CN3C(=O)c4cc(OC)c(OCCCOc5cc6c(cc5OC)C(=O)N5C=C(c7ccc(NC(=O)[C@H](C)CC(=O)[C@@H](NC(=O)OCC8c9ccccc9-c9ccccc98)C(C)C)cc7)C[C@H]5C=N6)cc4N=C[C@@H]3C2)cc1F. The molecule has 4 amide bonds. The number of benzene rings is 6. The maximum atomic E-state index is 14.5. The Kier molecular flexibility index (Phi) is 16.1. The summed E-state index contributed by atoms with van der Waals surface area (Å²) in [6, 6.07) is 33.2. The van der Waals surface area contributed by atoms with Gasteiger partial charge in [0, 0.05) is 80.2 Å². The first-order valence-electron chi connectivity index (χ1n) is 27.9. The lowest BCUT2D eigenvalue weighted by Crippen LogP contribution is -2.45. The van der Waals surface area contributed by atoms with Gasteiger partial charge in [0.1, 0.15) is 6.61 Å². The number of carbonyl (C=O) groups excluding carboxylic acids is 5. The fraction of sp³-hybridized carbons (Fsp3) is 0.288. The van der Waals surface area contributed by atoms with Gasteiger partial charge in [0.2, 0.25) is 5.91 Å². The fourth-order valence-corrected chi connectivity index (χ4v) is 11.4. The van der Waals surface area contributed by atoms with Crippen LogP contribution in [0, 0.1) is 17.7 Å². The van der Waals surface area contributed by atoms with E-state index in [0.29, 0.717) is 76.0 Å². The number of nitrogens with zero attached hydrogens (tertiary/aromatic N) is 4. The number of fused-ring (bicyclic) bond motifs is 7. The van der Waals surface area contributed by atoms with Crippen molar-refractivity contribution in [3.63, 3.8) is 0 Å². The molecule has 5 aliphatic rings. The molecule has 11 rings (SSSR count). The second-order valence-corrected chi connectivity index (χ2v) is 21.6.